The summed E-state index contributed by atoms with van der Waals surface area (Å²) in [6.45, 7) is 4.48. The van der Waals surface area contributed by atoms with Gasteiger partial charge in [0.1, 0.15) is 12.4 Å². The Morgan fingerprint density at radius 2 is 1.84 bits per heavy atom. The number of ether oxygens (including phenoxy) is 1. The fraction of sp³-hybridized carbons (Fsp3) is 0.375. The van der Waals surface area contributed by atoms with Crippen molar-refractivity contribution in [2.75, 3.05) is 11.1 Å². The number of nitrogens with one attached hydrogen (secondary N) is 1. The molecule has 1 aromatic heterocycles. The number of anilines is 1. The number of amides is 1. The minimum atomic E-state index is -0.0372. The van der Waals surface area contributed by atoms with E-state index in [-0.39, 0.29) is 18.3 Å². The summed E-state index contributed by atoms with van der Waals surface area (Å²) in [6.07, 6.45) is 3.92. The van der Waals surface area contributed by atoms with Crippen LogP contribution in [0.4, 0.5) is 5.69 Å². The van der Waals surface area contributed by atoms with Gasteiger partial charge in [-0.25, -0.2) is 0 Å². The molecule has 1 aliphatic rings. The van der Waals surface area contributed by atoms with Gasteiger partial charge in [0, 0.05) is 11.7 Å². The zero-order chi connectivity index (χ0) is 22.5. The number of aryl methyl sites for hydroxylation is 2. The van der Waals surface area contributed by atoms with E-state index >= 15 is 0 Å². The Morgan fingerprint density at radius 1 is 1.12 bits per heavy atom. The molecule has 0 aliphatic heterocycles. The molecule has 1 fully saturated rings. The van der Waals surface area contributed by atoms with E-state index in [1.54, 1.807) is 6.07 Å². The van der Waals surface area contributed by atoms with Crippen LogP contribution in [0.2, 0.25) is 5.02 Å². The van der Waals surface area contributed by atoms with E-state index in [2.05, 4.69) is 46.1 Å². The molecule has 1 saturated carbocycles. The normalized spacial score (nSPS) is 13.2. The lowest BCUT2D eigenvalue weighted by atomic mass is 10.0. The van der Waals surface area contributed by atoms with Crippen LogP contribution in [0.25, 0.3) is 0 Å². The lowest BCUT2D eigenvalue weighted by molar-refractivity contribution is -0.113. The molecule has 0 saturated heterocycles. The van der Waals surface area contributed by atoms with Crippen molar-refractivity contribution in [3.05, 3.63) is 64.4 Å². The molecule has 8 heteroatoms. The summed E-state index contributed by atoms with van der Waals surface area (Å²) >= 11 is 7.60. The average Bonchev–Trinajstić information content (AvgIpc) is 3.57. The van der Waals surface area contributed by atoms with Crippen LogP contribution in [0.5, 0.6) is 5.75 Å². The number of para-hydroxylation sites is 2. The summed E-state index contributed by atoms with van der Waals surface area (Å²) < 4.78 is 7.97. The predicted octanol–water partition coefficient (Wildman–Crippen LogP) is 5.70. The predicted molar refractivity (Wildman–Crippen MR) is 129 cm³/mol. The van der Waals surface area contributed by atoms with Gasteiger partial charge in [0.15, 0.2) is 11.0 Å². The Balaban J connectivity index is 1.42. The maximum atomic E-state index is 12.7. The second-order valence-electron chi connectivity index (χ2n) is 7.71. The van der Waals surface area contributed by atoms with Gasteiger partial charge >= 0.3 is 0 Å². The topological polar surface area (TPSA) is 69.0 Å². The van der Waals surface area contributed by atoms with Crippen LogP contribution in [-0.2, 0) is 24.2 Å². The van der Waals surface area contributed by atoms with Gasteiger partial charge in [-0.3, -0.25) is 9.36 Å². The number of hydrogen-bond acceptors (Lipinski definition) is 5. The number of aromatic nitrogens is 3. The number of carbonyl (C=O) groups excluding carboxylic acids is 1. The molecule has 1 N–H and O–H groups in total. The molecule has 168 valence electrons. The molecule has 0 radical (unpaired) electrons. The first-order valence-corrected chi connectivity index (χ1v) is 12.3. The molecule has 1 amide bonds. The van der Waals surface area contributed by atoms with Gasteiger partial charge in [-0.2, -0.15) is 0 Å². The van der Waals surface area contributed by atoms with Gasteiger partial charge < -0.3 is 10.1 Å². The van der Waals surface area contributed by atoms with E-state index in [0.29, 0.717) is 16.8 Å². The Hall–Kier alpha value is -2.51. The molecule has 3 aromatic rings. The zero-order valence-electron chi connectivity index (χ0n) is 18.3. The fourth-order valence-corrected chi connectivity index (χ4v) is 4.63. The zero-order valence-corrected chi connectivity index (χ0v) is 19.9. The number of halogens is 1. The van der Waals surface area contributed by atoms with E-state index in [0.717, 1.165) is 53.5 Å². The molecule has 0 unspecified atom stereocenters. The monoisotopic (exact) mass is 470 g/mol. The number of thioether (sulfide) groups is 1. The molecule has 0 bridgehead atoms. The molecule has 0 spiro atoms. The standard InChI is InChI=1S/C24H27ClN4O2S/c1-3-16-8-7-9-17(4-2)23(16)26-22(30)15-32-24-28-27-21(29(24)18-12-13-18)14-31-20-11-6-5-10-19(20)25/h5-11,18H,3-4,12-15H2,1-2H3,(H,26,30). The quantitative estimate of drug-likeness (QED) is 0.385. The van der Waals surface area contributed by atoms with E-state index < -0.39 is 0 Å². The van der Waals surface area contributed by atoms with Gasteiger partial charge in [-0.05, 0) is 48.9 Å². The maximum absolute atomic E-state index is 12.7. The third-order valence-corrected chi connectivity index (χ3v) is 6.69. The minimum absolute atomic E-state index is 0.0372. The molecular weight excluding hydrogens is 444 g/mol. The van der Waals surface area contributed by atoms with Gasteiger partial charge in [-0.15, -0.1) is 10.2 Å². The molecule has 2 aromatic carbocycles. The highest BCUT2D eigenvalue weighted by molar-refractivity contribution is 7.99. The lowest BCUT2D eigenvalue weighted by Gasteiger charge is -2.14. The number of nitrogens with zero attached hydrogens (tertiary/aromatic N) is 3. The number of rotatable bonds is 10. The molecule has 4 rings (SSSR count). The van der Waals surface area contributed by atoms with Crippen LogP contribution < -0.4 is 10.1 Å². The Bertz CT molecular complexity index is 1080. The Morgan fingerprint density at radius 3 is 2.50 bits per heavy atom. The largest absolute Gasteiger partial charge is 0.484 e. The first-order chi connectivity index (χ1) is 15.6. The molecule has 6 nitrogen and oxygen atoms in total. The minimum Gasteiger partial charge on any atom is -0.484 e. The highest BCUT2D eigenvalue weighted by Gasteiger charge is 2.30. The van der Waals surface area contributed by atoms with E-state index in [9.17, 15) is 4.79 Å². The van der Waals surface area contributed by atoms with Crippen molar-refractivity contribution in [1.29, 1.82) is 0 Å². The molecule has 32 heavy (non-hydrogen) atoms. The third kappa shape index (κ3) is 5.27. The summed E-state index contributed by atoms with van der Waals surface area (Å²) in [5.41, 5.74) is 3.26. The van der Waals surface area contributed by atoms with Crippen molar-refractivity contribution in [2.24, 2.45) is 0 Å². The molecule has 0 atom stereocenters. The van der Waals surface area contributed by atoms with Gasteiger partial charge in [0.05, 0.1) is 10.8 Å². The van der Waals surface area contributed by atoms with Crippen molar-refractivity contribution in [1.82, 2.24) is 14.8 Å². The first kappa shape index (κ1) is 22.7. The van der Waals surface area contributed by atoms with Crippen molar-refractivity contribution < 1.29 is 9.53 Å². The fourth-order valence-electron chi connectivity index (χ4n) is 3.62. The number of carbonyl (C=O) groups is 1. The second kappa shape index (κ2) is 10.4. The molecule has 1 heterocycles. The van der Waals surface area contributed by atoms with Crippen molar-refractivity contribution in [3.63, 3.8) is 0 Å². The van der Waals surface area contributed by atoms with E-state index in [4.69, 9.17) is 16.3 Å². The highest BCUT2D eigenvalue weighted by Crippen LogP contribution is 2.39. The summed E-state index contributed by atoms with van der Waals surface area (Å²) in [6, 6.07) is 13.9. The van der Waals surface area contributed by atoms with Crippen LogP contribution in [0, 0.1) is 0 Å². The average molecular weight is 471 g/mol. The highest BCUT2D eigenvalue weighted by atomic mass is 35.5. The maximum Gasteiger partial charge on any atom is 0.234 e. The second-order valence-corrected chi connectivity index (χ2v) is 9.06. The smallest absolute Gasteiger partial charge is 0.234 e. The lowest BCUT2D eigenvalue weighted by Crippen LogP contribution is -2.17. The van der Waals surface area contributed by atoms with Crippen molar-refractivity contribution in [3.8, 4) is 5.75 Å². The first-order valence-electron chi connectivity index (χ1n) is 10.9. The van der Waals surface area contributed by atoms with Gasteiger partial charge in [0.25, 0.3) is 0 Å². The van der Waals surface area contributed by atoms with Crippen LogP contribution >= 0.6 is 23.4 Å². The van der Waals surface area contributed by atoms with Gasteiger partial charge in [-0.1, -0.05) is 67.5 Å². The molecular formula is C24H27ClN4O2S. The summed E-state index contributed by atoms with van der Waals surface area (Å²) in [7, 11) is 0. The number of hydrogen-bond donors (Lipinski definition) is 1. The SMILES string of the molecule is CCc1cccc(CC)c1NC(=O)CSc1nnc(COc2ccccc2Cl)n1C1CC1. The van der Waals surface area contributed by atoms with Crippen LogP contribution in [0.3, 0.4) is 0 Å². The van der Waals surface area contributed by atoms with Crippen LogP contribution in [0.15, 0.2) is 47.6 Å². The van der Waals surface area contributed by atoms with Crippen LogP contribution in [-0.4, -0.2) is 26.4 Å². The van der Waals surface area contributed by atoms with E-state index in [1.807, 2.05) is 24.3 Å². The summed E-state index contributed by atoms with van der Waals surface area (Å²) in [4.78, 5) is 12.7. The number of benzene rings is 2. The molecule has 1 aliphatic carbocycles. The van der Waals surface area contributed by atoms with Gasteiger partial charge in [0.2, 0.25) is 5.91 Å². The Kier molecular flexibility index (Phi) is 7.37. The Labute approximate surface area is 197 Å². The van der Waals surface area contributed by atoms with Crippen LogP contribution in [0.1, 0.15) is 49.7 Å². The third-order valence-electron chi connectivity index (χ3n) is 5.44. The summed E-state index contributed by atoms with van der Waals surface area (Å²) in [5.74, 6) is 1.61. The van der Waals surface area contributed by atoms with Crippen molar-refractivity contribution >= 4 is 35.0 Å². The summed E-state index contributed by atoms with van der Waals surface area (Å²) in [5, 5.41) is 13.1. The van der Waals surface area contributed by atoms with Crippen molar-refractivity contribution in [2.45, 2.75) is 57.3 Å². The van der Waals surface area contributed by atoms with E-state index in [1.165, 1.54) is 11.8 Å².